The largest absolute Gasteiger partial charge is 0.339 e. The first-order chi connectivity index (χ1) is 15.5. The number of aryl methyl sites for hydroxylation is 1. The fourth-order valence-corrected chi connectivity index (χ4v) is 4.24. The molecule has 1 aliphatic heterocycles. The van der Waals surface area contributed by atoms with Crippen LogP contribution in [-0.2, 0) is 11.3 Å². The van der Waals surface area contributed by atoms with Gasteiger partial charge >= 0.3 is 0 Å². The van der Waals surface area contributed by atoms with Crippen molar-refractivity contribution in [3.05, 3.63) is 101 Å². The maximum atomic E-state index is 13.6. The van der Waals surface area contributed by atoms with Crippen LogP contribution in [0.5, 0.6) is 0 Å². The first-order valence-corrected chi connectivity index (χ1v) is 11.4. The van der Waals surface area contributed by atoms with Gasteiger partial charge in [-0.05, 0) is 61.7 Å². The summed E-state index contributed by atoms with van der Waals surface area (Å²) in [5, 5.41) is 0.612. The lowest BCUT2D eigenvalue weighted by molar-refractivity contribution is -0.123. The molecule has 1 fully saturated rings. The van der Waals surface area contributed by atoms with E-state index in [9.17, 15) is 9.59 Å². The van der Waals surface area contributed by atoms with Crippen LogP contribution in [0.4, 0.5) is 5.69 Å². The standard InChI is InChI=1S/C27H27ClN2O2/c1-20-7-13-25(14-8-20)30(19-21-5-3-2-4-6-21)27(32)23-15-17-29(18-16-23)26(31)22-9-11-24(28)12-10-22/h2-14,23H,15-19H2,1H3. The Balaban J connectivity index is 1.46. The summed E-state index contributed by atoms with van der Waals surface area (Å²) in [6.45, 7) is 3.73. The third kappa shape index (κ3) is 5.20. The van der Waals surface area contributed by atoms with Gasteiger partial charge in [0.2, 0.25) is 5.91 Å². The molecule has 0 aromatic heterocycles. The van der Waals surface area contributed by atoms with Gasteiger partial charge in [0, 0.05) is 35.3 Å². The van der Waals surface area contributed by atoms with Crippen molar-refractivity contribution in [2.75, 3.05) is 18.0 Å². The second kappa shape index (κ2) is 10.0. The molecule has 5 heteroatoms. The average molecular weight is 447 g/mol. The lowest BCUT2D eigenvalue weighted by Gasteiger charge is -2.34. The van der Waals surface area contributed by atoms with E-state index in [4.69, 9.17) is 11.6 Å². The zero-order valence-corrected chi connectivity index (χ0v) is 19.0. The lowest BCUT2D eigenvalue weighted by Crippen LogP contribution is -2.44. The molecule has 3 aromatic carbocycles. The van der Waals surface area contributed by atoms with E-state index in [2.05, 4.69) is 0 Å². The van der Waals surface area contributed by atoms with Crippen molar-refractivity contribution in [2.45, 2.75) is 26.3 Å². The minimum Gasteiger partial charge on any atom is -0.339 e. The lowest BCUT2D eigenvalue weighted by atomic mass is 9.94. The number of carbonyl (C=O) groups excluding carboxylic acids is 2. The molecule has 164 valence electrons. The second-order valence-electron chi connectivity index (χ2n) is 8.32. The van der Waals surface area contributed by atoms with Gasteiger partial charge in [0.1, 0.15) is 0 Å². The van der Waals surface area contributed by atoms with Gasteiger partial charge in [0.05, 0.1) is 6.54 Å². The van der Waals surface area contributed by atoms with Crippen LogP contribution >= 0.6 is 11.6 Å². The normalized spacial score (nSPS) is 14.2. The smallest absolute Gasteiger partial charge is 0.253 e. The molecule has 0 unspecified atom stereocenters. The molecule has 4 nitrogen and oxygen atoms in total. The van der Waals surface area contributed by atoms with Gasteiger partial charge in [-0.15, -0.1) is 0 Å². The highest BCUT2D eigenvalue weighted by atomic mass is 35.5. The van der Waals surface area contributed by atoms with Gasteiger partial charge in [-0.1, -0.05) is 59.6 Å². The number of piperidine rings is 1. The third-order valence-corrected chi connectivity index (χ3v) is 6.27. The summed E-state index contributed by atoms with van der Waals surface area (Å²) >= 11 is 5.94. The van der Waals surface area contributed by atoms with E-state index in [-0.39, 0.29) is 17.7 Å². The molecule has 1 saturated heterocycles. The van der Waals surface area contributed by atoms with Crippen molar-refractivity contribution in [3.8, 4) is 0 Å². The summed E-state index contributed by atoms with van der Waals surface area (Å²) in [7, 11) is 0. The van der Waals surface area contributed by atoms with Crippen LogP contribution in [-0.4, -0.2) is 29.8 Å². The van der Waals surface area contributed by atoms with E-state index in [1.165, 1.54) is 0 Å². The Bertz CT molecular complexity index is 1060. The SMILES string of the molecule is Cc1ccc(N(Cc2ccccc2)C(=O)C2CCN(C(=O)c3ccc(Cl)cc3)CC2)cc1. The third-order valence-electron chi connectivity index (χ3n) is 6.02. The zero-order valence-electron chi connectivity index (χ0n) is 18.2. The Kier molecular flexibility index (Phi) is 6.91. The highest BCUT2D eigenvalue weighted by Gasteiger charge is 2.31. The number of hydrogen-bond acceptors (Lipinski definition) is 2. The average Bonchev–Trinajstić information content (AvgIpc) is 2.83. The Morgan fingerprint density at radius 3 is 2.16 bits per heavy atom. The number of anilines is 1. The van der Waals surface area contributed by atoms with E-state index in [1.807, 2.05) is 71.3 Å². The van der Waals surface area contributed by atoms with Crippen LogP contribution in [0.2, 0.25) is 5.02 Å². The van der Waals surface area contributed by atoms with Crippen molar-refractivity contribution >= 4 is 29.1 Å². The molecule has 0 aliphatic carbocycles. The quantitative estimate of drug-likeness (QED) is 0.501. The molecule has 4 rings (SSSR count). The van der Waals surface area contributed by atoms with E-state index < -0.39 is 0 Å². The minimum atomic E-state index is -0.103. The monoisotopic (exact) mass is 446 g/mol. The van der Waals surface area contributed by atoms with E-state index in [1.54, 1.807) is 24.3 Å². The van der Waals surface area contributed by atoms with E-state index in [0.717, 1.165) is 16.8 Å². The summed E-state index contributed by atoms with van der Waals surface area (Å²) in [6, 6.07) is 25.1. The molecule has 3 aromatic rings. The molecule has 0 bridgehead atoms. The van der Waals surface area contributed by atoms with Crippen molar-refractivity contribution in [3.63, 3.8) is 0 Å². The Hall–Kier alpha value is -3.11. The number of halogens is 1. The van der Waals surface area contributed by atoms with Crippen molar-refractivity contribution in [1.82, 2.24) is 4.90 Å². The van der Waals surface area contributed by atoms with Gasteiger partial charge in [-0.3, -0.25) is 9.59 Å². The molecular weight excluding hydrogens is 420 g/mol. The van der Waals surface area contributed by atoms with Gasteiger partial charge in [-0.2, -0.15) is 0 Å². The van der Waals surface area contributed by atoms with Crippen LogP contribution in [0.1, 0.15) is 34.3 Å². The molecule has 0 radical (unpaired) electrons. The number of carbonyl (C=O) groups is 2. The van der Waals surface area contributed by atoms with Gasteiger partial charge in [0.15, 0.2) is 0 Å². The number of rotatable bonds is 5. The predicted molar refractivity (Wildman–Crippen MR) is 129 cm³/mol. The van der Waals surface area contributed by atoms with E-state index >= 15 is 0 Å². The molecule has 0 saturated carbocycles. The first-order valence-electron chi connectivity index (χ1n) is 11.0. The number of amides is 2. The molecule has 0 atom stereocenters. The van der Waals surface area contributed by atoms with E-state index in [0.29, 0.717) is 43.1 Å². The summed E-state index contributed by atoms with van der Waals surface area (Å²) in [4.78, 5) is 30.1. The zero-order chi connectivity index (χ0) is 22.5. The number of likely N-dealkylation sites (tertiary alicyclic amines) is 1. The van der Waals surface area contributed by atoms with Crippen molar-refractivity contribution in [2.24, 2.45) is 5.92 Å². The first kappa shape index (κ1) is 22.1. The van der Waals surface area contributed by atoms with Gasteiger partial charge in [0.25, 0.3) is 5.91 Å². The molecule has 1 heterocycles. The molecule has 2 amide bonds. The van der Waals surface area contributed by atoms with Crippen LogP contribution in [0.3, 0.4) is 0 Å². The second-order valence-corrected chi connectivity index (χ2v) is 8.76. The highest BCUT2D eigenvalue weighted by molar-refractivity contribution is 6.30. The minimum absolute atomic E-state index is 0.00718. The van der Waals surface area contributed by atoms with Crippen molar-refractivity contribution < 1.29 is 9.59 Å². The number of benzene rings is 3. The summed E-state index contributed by atoms with van der Waals surface area (Å²) < 4.78 is 0. The molecule has 0 N–H and O–H groups in total. The van der Waals surface area contributed by atoms with Crippen LogP contribution < -0.4 is 4.90 Å². The Morgan fingerprint density at radius 2 is 1.53 bits per heavy atom. The fourth-order valence-electron chi connectivity index (χ4n) is 4.11. The van der Waals surface area contributed by atoms with Gasteiger partial charge in [-0.25, -0.2) is 0 Å². The fraction of sp³-hybridized carbons (Fsp3) is 0.259. The molecular formula is C27H27ClN2O2. The molecule has 0 spiro atoms. The van der Waals surface area contributed by atoms with Gasteiger partial charge < -0.3 is 9.80 Å². The van der Waals surface area contributed by atoms with Crippen LogP contribution in [0.15, 0.2) is 78.9 Å². The summed E-state index contributed by atoms with van der Waals surface area (Å²) in [6.07, 6.45) is 1.32. The predicted octanol–water partition coefficient (Wildman–Crippen LogP) is 5.73. The maximum absolute atomic E-state index is 13.6. The molecule has 1 aliphatic rings. The number of hydrogen-bond donors (Lipinski definition) is 0. The maximum Gasteiger partial charge on any atom is 0.253 e. The Labute approximate surface area is 194 Å². The van der Waals surface area contributed by atoms with Crippen LogP contribution in [0.25, 0.3) is 0 Å². The topological polar surface area (TPSA) is 40.6 Å². The molecule has 32 heavy (non-hydrogen) atoms. The van der Waals surface area contributed by atoms with Crippen LogP contribution in [0, 0.1) is 12.8 Å². The number of nitrogens with zero attached hydrogens (tertiary/aromatic N) is 2. The summed E-state index contributed by atoms with van der Waals surface area (Å²) in [5.41, 5.74) is 3.79. The van der Waals surface area contributed by atoms with Crippen molar-refractivity contribution in [1.29, 1.82) is 0 Å². The highest BCUT2D eigenvalue weighted by Crippen LogP contribution is 2.26. The summed E-state index contributed by atoms with van der Waals surface area (Å²) in [5.74, 6) is 0.0119. The Morgan fingerprint density at radius 1 is 0.906 bits per heavy atom.